The third kappa shape index (κ3) is 4.04. The molecule has 0 atom stereocenters. The van der Waals surface area contributed by atoms with Crippen molar-refractivity contribution in [3.05, 3.63) is 58.6 Å². The Hall–Kier alpha value is -2.01. The minimum Gasteiger partial charge on any atom is -0.323 e. The second-order valence-corrected chi connectivity index (χ2v) is 9.50. The molecule has 7 nitrogen and oxygen atoms in total. The van der Waals surface area contributed by atoms with E-state index in [9.17, 15) is 13.2 Å². The minimum absolute atomic E-state index is 0.203. The summed E-state index contributed by atoms with van der Waals surface area (Å²) in [5, 5.41) is 8.63. The monoisotopic (exact) mass is 454 g/mol. The van der Waals surface area contributed by atoms with Gasteiger partial charge < -0.3 is 5.32 Å². The van der Waals surface area contributed by atoms with Crippen LogP contribution >= 0.6 is 27.3 Å². The number of rotatable bonds is 6. The third-order valence-corrected chi connectivity index (χ3v) is 7.09. The predicted molar refractivity (Wildman–Crippen MR) is 104 cm³/mol. The molecule has 1 aromatic carbocycles. The van der Waals surface area contributed by atoms with Crippen molar-refractivity contribution in [2.45, 2.75) is 4.21 Å². The van der Waals surface area contributed by atoms with Crippen molar-refractivity contribution in [3.8, 4) is 5.69 Å². The standard InChI is InChI=1S/C16H15BrN4O3S2/c1-20(26(23,24)16-7-4-8-25-16)11-15(22)19-13-5-2-3-6-14(13)21-10-12(17)9-18-21/h2-10H,11H2,1H3,(H,19,22). The lowest BCUT2D eigenvalue weighted by molar-refractivity contribution is -0.116. The maximum Gasteiger partial charge on any atom is 0.252 e. The van der Waals surface area contributed by atoms with Gasteiger partial charge in [-0.1, -0.05) is 18.2 Å². The van der Waals surface area contributed by atoms with Gasteiger partial charge in [0, 0.05) is 13.2 Å². The number of nitrogens with one attached hydrogen (secondary N) is 1. The summed E-state index contributed by atoms with van der Waals surface area (Å²) in [4.78, 5) is 12.4. The lowest BCUT2D eigenvalue weighted by Gasteiger charge is -2.16. The highest BCUT2D eigenvalue weighted by molar-refractivity contribution is 9.10. The SMILES string of the molecule is CN(CC(=O)Nc1ccccc1-n1cc(Br)cn1)S(=O)(=O)c1cccs1. The van der Waals surface area contributed by atoms with Crippen molar-refractivity contribution in [3.63, 3.8) is 0 Å². The Kier molecular flexibility index (Phi) is 5.56. The van der Waals surface area contributed by atoms with Gasteiger partial charge in [0.1, 0.15) is 4.21 Å². The molecule has 0 fully saturated rings. The van der Waals surface area contributed by atoms with Crippen molar-refractivity contribution >= 4 is 48.9 Å². The molecule has 0 saturated carbocycles. The quantitative estimate of drug-likeness (QED) is 0.620. The van der Waals surface area contributed by atoms with E-state index in [-0.39, 0.29) is 10.8 Å². The molecule has 10 heteroatoms. The molecule has 0 aliphatic heterocycles. The fourth-order valence-electron chi connectivity index (χ4n) is 2.25. The lowest BCUT2D eigenvalue weighted by atomic mass is 10.2. The molecule has 3 aromatic rings. The summed E-state index contributed by atoms with van der Waals surface area (Å²) < 4.78 is 28.5. The molecular weight excluding hydrogens is 440 g/mol. The van der Waals surface area contributed by atoms with Crippen molar-refractivity contribution in [1.82, 2.24) is 14.1 Å². The molecule has 3 rings (SSSR count). The van der Waals surface area contributed by atoms with Crippen LogP contribution in [-0.4, -0.2) is 42.0 Å². The van der Waals surface area contributed by atoms with Gasteiger partial charge in [0.05, 0.1) is 28.6 Å². The average molecular weight is 455 g/mol. The van der Waals surface area contributed by atoms with Crippen LogP contribution < -0.4 is 5.32 Å². The molecule has 0 spiro atoms. The van der Waals surface area contributed by atoms with Gasteiger partial charge in [-0.3, -0.25) is 4.79 Å². The Balaban J connectivity index is 1.75. The summed E-state index contributed by atoms with van der Waals surface area (Å²) in [5.41, 5.74) is 1.21. The smallest absolute Gasteiger partial charge is 0.252 e. The molecule has 0 unspecified atom stereocenters. The number of thiophene rings is 1. The number of nitrogens with zero attached hydrogens (tertiary/aromatic N) is 3. The van der Waals surface area contributed by atoms with E-state index in [2.05, 4.69) is 26.3 Å². The van der Waals surface area contributed by atoms with Gasteiger partial charge in [-0.2, -0.15) is 9.40 Å². The Morgan fingerprint density at radius 3 is 2.73 bits per heavy atom. The van der Waals surface area contributed by atoms with Crippen LogP contribution in [0.1, 0.15) is 0 Å². The molecule has 0 saturated heterocycles. The molecule has 136 valence electrons. The summed E-state index contributed by atoms with van der Waals surface area (Å²) in [6.07, 6.45) is 3.40. The zero-order valence-electron chi connectivity index (χ0n) is 13.7. The molecule has 0 aliphatic carbocycles. The van der Waals surface area contributed by atoms with Gasteiger partial charge in [0.2, 0.25) is 5.91 Å². The van der Waals surface area contributed by atoms with Gasteiger partial charge in [-0.25, -0.2) is 13.1 Å². The molecule has 0 aliphatic rings. The molecule has 1 amide bonds. The number of hydrogen-bond donors (Lipinski definition) is 1. The van der Waals surface area contributed by atoms with Gasteiger partial charge in [0.25, 0.3) is 10.0 Å². The minimum atomic E-state index is -3.67. The van der Waals surface area contributed by atoms with Gasteiger partial charge in [-0.15, -0.1) is 11.3 Å². The first kappa shape index (κ1) is 18.8. The number of carbonyl (C=O) groups excluding carboxylic acids is 1. The molecule has 2 heterocycles. The number of sulfonamides is 1. The topological polar surface area (TPSA) is 84.3 Å². The number of para-hydroxylation sites is 2. The Labute approximate surface area is 163 Å². The van der Waals surface area contributed by atoms with Crippen LogP contribution in [0.5, 0.6) is 0 Å². The number of aromatic nitrogens is 2. The highest BCUT2D eigenvalue weighted by atomic mass is 79.9. The van der Waals surface area contributed by atoms with Gasteiger partial charge >= 0.3 is 0 Å². The van der Waals surface area contributed by atoms with E-state index in [0.29, 0.717) is 11.4 Å². The first-order valence-electron chi connectivity index (χ1n) is 7.47. The third-order valence-electron chi connectivity index (χ3n) is 3.50. The highest BCUT2D eigenvalue weighted by Crippen LogP contribution is 2.22. The van der Waals surface area contributed by atoms with Crippen LogP contribution in [-0.2, 0) is 14.8 Å². The molecule has 0 bridgehead atoms. The fourth-order valence-corrected chi connectivity index (χ4v) is 4.87. The number of anilines is 1. The summed E-state index contributed by atoms with van der Waals surface area (Å²) in [6, 6.07) is 10.3. The lowest BCUT2D eigenvalue weighted by Crippen LogP contribution is -2.34. The zero-order valence-corrected chi connectivity index (χ0v) is 16.9. The fraction of sp³-hybridized carbons (Fsp3) is 0.125. The molecule has 0 radical (unpaired) electrons. The van der Waals surface area contributed by atoms with E-state index in [1.165, 1.54) is 13.1 Å². The van der Waals surface area contributed by atoms with Gasteiger partial charge in [0.15, 0.2) is 0 Å². The molecule has 2 aromatic heterocycles. The Bertz CT molecular complexity index is 1020. The molecular formula is C16H15BrN4O3S2. The maximum atomic E-state index is 12.4. The summed E-state index contributed by atoms with van der Waals surface area (Å²) in [7, 11) is -2.29. The summed E-state index contributed by atoms with van der Waals surface area (Å²) >= 11 is 4.45. The largest absolute Gasteiger partial charge is 0.323 e. The number of halogens is 1. The van der Waals surface area contributed by atoms with Crippen molar-refractivity contribution < 1.29 is 13.2 Å². The van der Waals surface area contributed by atoms with Crippen molar-refractivity contribution in [2.75, 3.05) is 18.9 Å². The Morgan fingerprint density at radius 2 is 2.08 bits per heavy atom. The summed E-state index contributed by atoms with van der Waals surface area (Å²) in [6.45, 7) is -0.294. The van der Waals surface area contributed by atoms with E-state index in [1.54, 1.807) is 46.7 Å². The molecule has 26 heavy (non-hydrogen) atoms. The number of likely N-dealkylation sites (N-methyl/N-ethyl adjacent to an activating group) is 1. The van der Waals surface area contributed by atoms with E-state index in [0.717, 1.165) is 20.1 Å². The summed E-state index contributed by atoms with van der Waals surface area (Å²) in [5.74, 6) is -0.439. The number of carbonyl (C=O) groups is 1. The first-order valence-corrected chi connectivity index (χ1v) is 10.6. The van der Waals surface area contributed by atoms with E-state index >= 15 is 0 Å². The van der Waals surface area contributed by atoms with Crippen LogP contribution in [0.2, 0.25) is 0 Å². The Morgan fingerprint density at radius 1 is 1.31 bits per heavy atom. The van der Waals surface area contributed by atoms with E-state index in [1.807, 2.05) is 6.07 Å². The first-order chi connectivity index (χ1) is 12.4. The van der Waals surface area contributed by atoms with E-state index in [4.69, 9.17) is 0 Å². The number of hydrogen-bond acceptors (Lipinski definition) is 5. The highest BCUT2D eigenvalue weighted by Gasteiger charge is 2.24. The van der Waals surface area contributed by atoms with E-state index < -0.39 is 15.9 Å². The van der Waals surface area contributed by atoms with Crippen LogP contribution in [0.4, 0.5) is 5.69 Å². The maximum absolute atomic E-state index is 12.4. The van der Waals surface area contributed by atoms with Crippen molar-refractivity contribution in [2.24, 2.45) is 0 Å². The number of benzene rings is 1. The number of amides is 1. The van der Waals surface area contributed by atoms with Crippen LogP contribution in [0.3, 0.4) is 0 Å². The zero-order chi connectivity index (χ0) is 18.7. The van der Waals surface area contributed by atoms with Crippen LogP contribution in [0.25, 0.3) is 5.69 Å². The average Bonchev–Trinajstić information content (AvgIpc) is 3.27. The van der Waals surface area contributed by atoms with Gasteiger partial charge in [-0.05, 0) is 39.5 Å². The van der Waals surface area contributed by atoms with Crippen LogP contribution in [0.15, 0.2) is 62.9 Å². The predicted octanol–water partition coefficient (Wildman–Crippen LogP) is 2.96. The normalized spacial score (nSPS) is 11.7. The molecule has 1 N–H and O–H groups in total. The van der Waals surface area contributed by atoms with Crippen LogP contribution in [0, 0.1) is 0 Å². The van der Waals surface area contributed by atoms with Crippen molar-refractivity contribution in [1.29, 1.82) is 0 Å². The second-order valence-electron chi connectivity index (χ2n) is 5.36. The second kappa shape index (κ2) is 7.70.